The van der Waals surface area contributed by atoms with E-state index in [-0.39, 0.29) is 5.60 Å². The third-order valence-electron chi connectivity index (χ3n) is 2.61. The Morgan fingerprint density at radius 3 is 2.21 bits per heavy atom. The summed E-state index contributed by atoms with van der Waals surface area (Å²) in [5.74, 6) is -2.76. The van der Waals surface area contributed by atoms with Gasteiger partial charge in [-0.1, -0.05) is 0 Å². The van der Waals surface area contributed by atoms with Gasteiger partial charge in [-0.05, 0) is 0 Å². The Balaban J connectivity index is 0.000000224. The van der Waals surface area contributed by atoms with Crippen molar-refractivity contribution in [3.8, 4) is 0 Å². The van der Waals surface area contributed by atoms with Crippen LogP contribution < -0.4 is 5.32 Å². The van der Waals surface area contributed by atoms with Crippen molar-refractivity contribution >= 4 is 5.97 Å². The maximum atomic E-state index is 11.8. The first kappa shape index (κ1) is 16.1. The molecule has 1 atom stereocenters. The first-order valence-electron chi connectivity index (χ1n) is 5.23. The number of rotatable bonds is 2. The molecule has 0 saturated carbocycles. The number of halogens is 5. The predicted molar refractivity (Wildman–Crippen MR) is 50.7 cm³/mol. The van der Waals surface area contributed by atoms with Gasteiger partial charge in [-0.2, -0.15) is 22.0 Å². The molecule has 2 aliphatic rings. The zero-order valence-electron chi connectivity index (χ0n) is 9.54. The number of hydrogen-bond acceptors (Lipinski definition) is 4. The SMILES string of the molecule is FC(F)OC1COC2(CNC2)C1.O=C(O)C(F)(F)F. The number of aliphatic carboxylic acids is 1. The van der Waals surface area contributed by atoms with Crippen molar-refractivity contribution in [1.82, 2.24) is 5.32 Å². The molecule has 1 spiro atoms. The first-order valence-corrected chi connectivity index (χ1v) is 5.23. The lowest BCUT2D eigenvalue weighted by atomic mass is 9.93. The van der Waals surface area contributed by atoms with E-state index in [1.165, 1.54) is 0 Å². The molecule has 2 fully saturated rings. The molecule has 2 aliphatic heterocycles. The van der Waals surface area contributed by atoms with Crippen LogP contribution in [0.25, 0.3) is 0 Å². The number of alkyl halides is 5. The molecule has 0 radical (unpaired) electrons. The molecule has 0 aliphatic carbocycles. The molecular weight excluding hydrogens is 281 g/mol. The van der Waals surface area contributed by atoms with Crippen LogP contribution in [0.4, 0.5) is 22.0 Å². The van der Waals surface area contributed by atoms with Crippen molar-refractivity contribution in [2.45, 2.75) is 30.9 Å². The van der Waals surface area contributed by atoms with Crippen LogP contribution >= 0.6 is 0 Å². The van der Waals surface area contributed by atoms with Gasteiger partial charge in [-0.3, -0.25) is 0 Å². The van der Waals surface area contributed by atoms with E-state index >= 15 is 0 Å². The van der Waals surface area contributed by atoms with Crippen LogP contribution in [-0.2, 0) is 14.3 Å². The van der Waals surface area contributed by atoms with Crippen LogP contribution in [0.5, 0.6) is 0 Å². The summed E-state index contributed by atoms with van der Waals surface area (Å²) in [7, 11) is 0. The van der Waals surface area contributed by atoms with Crippen LogP contribution in [0.15, 0.2) is 0 Å². The van der Waals surface area contributed by atoms with Gasteiger partial charge in [0.1, 0.15) is 0 Å². The molecule has 0 aromatic heterocycles. The Kier molecular flexibility index (Phi) is 5.04. The third-order valence-corrected chi connectivity index (χ3v) is 2.61. The molecule has 19 heavy (non-hydrogen) atoms. The third kappa shape index (κ3) is 4.88. The summed E-state index contributed by atoms with van der Waals surface area (Å²) in [4.78, 5) is 8.90. The highest BCUT2D eigenvalue weighted by Crippen LogP contribution is 2.31. The monoisotopic (exact) mass is 293 g/mol. The highest BCUT2D eigenvalue weighted by Gasteiger charge is 2.46. The maximum absolute atomic E-state index is 11.8. The summed E-state index contributed by atoms with van der Waals surface area (Å²) in [6.07, 6.45) is -4.92. The summed E-state index contributed by atoms with van der Waals surface area (Å²) < 4.78 is 65.0. The van der Waals surface area contributed by atoms with Gasteiger partial charge in [0.15, 0.2) is 0 Å². The molecule has 2 heterocycles. The zero-order chi connectivity index (χ0) is 14.7. The van der Waals surface area contributed by atoms with Gasteiger partial charge in [0, 0.05) is 19.5 Å². The highest BCUT2D eigenvalue weighted by atomic mass is 19.4. The summed E-state index contributed by atoms with van der Waals surface area (Å²) in [6.45, 7) is -0.861. The van der Waals surface area contributed by atoms with Crippen molar-refractivity contribution in [3.05, 3.63) is 0 Å². The maximum Gasteiger partial charge on any atom is 0.490 e. The van der Waals surface area contributed by atoms with Gasteiger partial charge in [0.25, 0.3) is 0 Å². The summed E-state index contributed by atoms with van der Waals surface area (Å²) in [5.41, 5.74) is -0.195. The summed E-state index contributed by atoms with van der Waals surface area (Å²) in [5, 5.41) is 10.2. The van der Waals surface area contributed by atoms with E-state index in [4.69, 9.17) is 14.6 Å². The molecule has 2 rings (SSSR count). The number of ether oxygens (including phenoxy) is 2. The van der Waals surface area contributed by atoms with Crippen LogP contribution in [0.2, 0.25) is 0 Å². The van der Waals surface area contributed by atoms with Crippen LogP contribution in [0.3, 0.4) is 0 Å². The summed E-state index contributed by atoms with van der Waals surface area (Å²) >= 11 is 0. The number of hydrogen-bond donors (Lipinski definition) is 2. The van der Waals surface area contributed by atoms with E-state index in [9.17, 15) is 22.0 Å². The van der Waals surface area contributed by atoms with Gasteiger partial charge in [-0.15, -0.1) is 0 Å². The Hall–Kier alpha value is -1.00. The van der Waals surface area contributed by atoms with E-state index in [0.717, 1.165) is 13.1 Å². The minimum atomic E-state index is -5.08. The molecule has 10 heteroatoms. The van der Waals surface area contributed by atoms with Gasteiger partial charge in [0.05, 0.1) is 18.3 Å². The molecule has 2 N–H and O–H groups in total. The zero-order valence-corrected chi connectivity index (χ0v) is 9.54. The molecule has 0 amide bonds. The fraction of sp³-hybridized carbons (Fsp3) is 0.889. The number of carbonyl (C=O) groups is 1. The molecule has 2 saturated heterocycles. The Morgan fingerprint density at radius 1 is 1.42 bits per heavy atom. The van der Waals surface area contributed by atoms with Gasteiger partial charge >= 0.3 is 18.8 Å². The van der Waals surface area contributed by atoms with Crippen molar-refractivity contribution in [2.24, 2.45) is 0 Å². The molecule has 112 valence electrons. The van der Waals surface area contributed by atoms with E-state index in [1.54, 1.807) is 0 Å². The largest absolute Gasteiger partial charge is 0.490 e. The highest BCUT2D eigenvalue weighted by molar-refractivity contribution is 5.73. The fourth-order valence-corrected chi connectivity index (χ4v) is 1.69. The van der Waals surface area contributed by atoms with Gasteiger partial charge < -0.3 is 19.9 Å². The van der Waals surface area contributed by atoms with E-state index in [2.05, 4.69) is 10.1 Å². The average molecular weight is 293 g/mol. The van der Waals surface area contributed by atoms with Crippen molar-refractivity contribution in [3.63, 3.8) is 0 Å². The molecule has 1 unspecified atom stereocenters. The second kappa shape index (κ2) is 5.97. The Bertz CT molecular complexity index is 318. The number of carboxylic acid groups (broad SMARTS) is 1. The smallest absolute Gasteiger partial charge is 0.475 e. The number of nitrogens with one attached hydrogen (secondary N) is 1. The van der Waals surface area contributed by atoms with Gasteiger partial charge in [0.2, 0.25) is 0 Å². The Morgan fingerprint density at radius 2 is 1.95 bits per heavy atom. The fourth-order valence-electron chi connectivity index (χ4n) is 1.69. The molecule has 5 nitrogen and oxygen atoms in total. The van der Waals surface area contributed by atoms with Crippen molar-refractivity contribution in [2.75, 3.05) is 19.7 Å². The molecule has 0 aromatic carbocycles. The lowest BCUT2D eigenvalue weighted by Gasteiger charge is -2.37. The average Bonchev–Trinajstić information content (AvgIpc) is 2.60. The van der Waals surface area contributed by atoms with E-state index in [0.29, 0.717) is 13.0 Å². The number of carboxylic acids is 1. The van der Waals surface area contributed by atoms with Gasteiger partial charge in [-0.25, -0.2) is 4.79 Å². The molecule has 0 bridgehead atoms. The molecular formula is C9H12F5NO4. The Labute approximate surface area is 104 Å². The lowest BCUT2D eigenvalue weighted by molar-refractivity contribution is -0.192. The minimum Gasteiger partial charge on any atom is -0.475 e. The second-order valence-corrected chi connectivity index (χ2v) is 4.12. The standard InChI is InChI=1S/C7H11F2NO2.C2HF3O2/c8-6(9)12-5-1-7(11-2-5)3-10-4-7;3-2(4,5)1(6)7/h5-6,10H,1-4H2;(H,6,7). The summed E-state index contributed by atoms with van der Waals surface area (Å²) in [6, 6.07) is 0. The minimum absolute atomic E-state index is 0.195. The van der Waals surface area contributed by atoms with E-state index in [1.807, 2.05) is 0 Å². The molecule has 0 aromatic rings. The lowest BCUT2D eigenvalue weighted by Crippen LogP contribution is -2.59. The van der Waals surface area contributed by atoms with Crippen LogP contribution in [-0.4, -0.2) is 55.3 Å². The van der Waals surface area contributed by atoms with Crippen molar-refractivity contribution < 1.29 is 41.3 Å². The topological polar surface area (TPSA) is 67.8 Å². The first-order chi connectivity index (χ1) is 8.65. The second-order valence-electron chi connectivity index (χ2n) is 4.12. The van der Waals surface area contributed by atoms with Crippen LogP contribution in [0, 0.1) is 0 Å². The predicted octanol–water partition coefficient (Wildman–Crippen LogP) is 0.990. The van der Waals surface area contributed by atoms with Crippen molar-refractivity contribution in [1.29, 1.82) is 0 Å². The normalized spacial score (nSPS) is 24.8. The van der Waals surface area contributed by atoms with E-state index < -0.39 is 24.9 Å². The quantitative estimate of drug-likeness (QED) is 0.743. The van der Waals surface area contributed by atoms with Crippen LogP contribution in [0.1, 0.15) is 6.42 Å².